The van der Waals surface area contributed by atoms with Crippen molar-refractivity contribution in [3.8, 4) is 0 Å². The molecule has 4 N–H and O–H groups in total. The molecule has 19 heavy (non-hydrogen) atoms. The Morgan fingerprint density at radius 2 is 2.05 bits per heavy atom. The molecule has 0 aromatic rings. The maximum atomic E-state index is 11.7. The van der Waals surface area contributed by atoms with Gasteiger partial charge in [0.25, 0.3) is 0 Å². The number of rotatable bonds is 5. The Hall–Kier alpha value is -1.14. The van der Waals surface area contributed by atoms with Crippen LogP contribution in [0.15, 0.2) is 0 Å². The standard InChI is InChI=1S/C13H23N3O3/c14-9-1-3-10(4-2-9)19-8-7-15-13(18)11-5-6-12(17)16-11/h9-11H,1-8,14H2,(H,15,18)(H,16,17)/t9?,10?,11-/m1/s1. The maximum Gasteiger partial charge on any atom is 0.242 e. The molecule has 0 spiro atoms. The third kappa shape index (κ3) is 4.47. The number of amides is 2. The van der Waals surface area contributed by atoms with E-state index >= 15 is 0 Å². The molecule has 1 saturated carbocycles. The van der Waals surface area contributed by atoms with Gasteiger partial charge in [-0.05, 0) is 32.1 Å². The Bertz CT molecular complexity index is 327. The highest BCUT2D eigenvalue weighted by Gasteiger charge is 2.26. The summed E-state index contributed by atoms with van der Waals surface area (Å²) in [5, 5.41) is 5.43. The van der Waals surface area contributed by atoms with E-state index in [1.165, 1.54) is 0 Å². The number of nitrogens with two attached hydrogens (primary N) is 1. The van der Waals surface area contributed by atoms with Crippen LogP contribution < -0.4 is 16.4 Å². The SMILES string of the molecule is NC1CCC(OCCNC(=O)[C@H]2CCC(=O)N2)CC1. The van der Waals surface area contributed by atoms with Gasteiger partial charge >= 0.3 is 0 Å². The number of hydrogen-bond donors (Lipinski definition) is 3. The van der Waals surface area contributed by atoms with Crippen LogP contribution in [0.2, 0.25) is 0 Å². The summed E-state index contributed by atoms with van der Waals surface area (Å²) in [6, 6.07) is -0.0364. The first-order valence-electron chi connectivity index (χ1n) is 7.09. The monoisotopic (exact) mass is 269 g/mol. The van der Waals surface area contributed by atoms with Crippen LogP contribution in [0.5, 0.6) is 0 Å². The summed E-state index contributed by atoms with van der Waals surface area (Å²) in [4.78, 5) is 22.7. The molecule has 0 aromatic carbocycles. The number of carbonyl (C=O) groups excluding carboxylic acids is 2. The summed E-state index contributed by atoms with van der Waals surface area (Å²) in [6.07, 6.45) is 5.36. The zero-order valence-corrected chi connectivity index (χ0v) is 11.2. The van der Waals surface area contributed by atoms with E-state index in [2.05, 4.69) is 10.6 Å². The number of ether oxygens (including phenoxy) is 1. The normalized spacial score (nSPS) is 31.0. The molecule has 1 aliphatic heterocycles. The van der Waals surface area contributed by atoms with Crippen molar-refractivity contribution in [3.63, 3.8) is 0 Å². The summed E-state index contributed by atoms with van der Waals surface area (Å²) >= 11 is 0. The Morgan fingerprint density at radius 3 is 2.68 bits per heavy atom. The first-order chi connectivity index (χ1) is 9.15. The van der Waals surface area contributed by atoms with Crippen molar-refractivity contribution in [2.75, 3.05) is 13.2 Å². The van der Waals surface area contributed by atoms with Gasteiger partial charge in [-0.1, -0.05) is 0 Å². The highest BCUT2D eigenvalue weighted by Crippen LogP contribution is 2.19. The van der Waals surface area contributed by atoms with E-state index in [0.29, 0.717) is 32.0 Å². The van der Waals surface area contributed by atoms with E-state index in [0.717, 1.165) is 25.7 Å². The summed E-state index contributed by atoms with van der Waals surface area (Å²) in [5.41, 5.74) is 5.83. The average molecular weight is 269 g/mol. The lowest BCUT2D eigenvalue weighted by Crippen LogP contribution is -2.43. The fourth-order valence-electron chi connectivity index (χ4n) is 2.59. The van der Waals surface area contributed by atoms with Crippen molar-refractivity contribution < 1.29 is 14.3 Å². The van der Waals surface area contributed by atoms with Gasteiger partial charge in [-0.15, -0.1) is 0 Å². The summed E-state index contributed by atoms with van der Waals surface area (Å²) in [6.45, 7) is 1.01. The van der Waals surface area contributed by atoms with E-state index in [-0.39, 0.29) is 24.0 Å². The van der Waals surface area contributed by atoms with Gasteiger partial charge in [-0.25, -0.2) is 0 Å². The van der Waals surface area contributed by atoms with E-state index in [9.17, 15) is 9.59 Å². The van der Waals surface area contributed by atoms with Crippen LogP contribution in [0.25, 0.3) is 0 Å². The lowest BCUT2D eigenvalue weighted by atomic mass is 9.94. The van der Waals surface area contributed by atoms with Gasteiger partial charge in [0.05, 0.1) is 12.7 Å². The molecular formula is C13H23N3O3. The van der Waals surface area contributed by atoms with E-state index in [1.54, 1.807) is 0 Å². The van der Waals surface area contributed by atoms with Crippen molar-refractivity contribution in [2.24, 2.45) is 5.73 Å². The third-order valence-electron chi connectivity index (χ3n) is 3.79. The molecule has 0 unspecified atom stereocenters. The Morgan fingerprint density at radius 1 is 1.32 bits per heavy atom. The predicted molar refractivity (Wildman–Crippen MR) is 70.4 cm³/mol. The topological polar surface area (TPSA) is 93.4 Å². The van der Waals surface area contributed by atoms with Crippen LogP contribution in [0.4, 0.5) is 0 Å². The molecule has 6 heteroatoms. The molecule has 0 radical (unpaired) electrons. The van der Waals surface area contributed by atoms with Gasteiger partial charge in [0.1, 0.15) is 6.04 Å². The van der Waals surface area contributed by atoms with E-state index in [1.807, 2.05) is 0 Å². The van der Waals surface area contributed by atoms with Crippen LogP contribution in [0, 0.1) is 0 Å². The minimum Gasteiger partial charge on any atom is -0.376 e. The first-order valence-corrected chi connectivity index (χ1v) is 7.09. The second-order valence-corrected chi connectivity index (χ2v) is 5.36. The molecule has 2 amide bonds. The van der Waals surface area contributed by atoms with Gasteiger partial charge in [0.2, 0.25) is 11.8 Å². The Balaban J connectivity index is 1.54. The van der Waals surface area contributed by atoms with Crippen LogP contribution in [-0.4, -0.2) is 43.2 Å². The highest BCUT2D eigenvalue weighted by molar-refractivity contribution is 5.90. The van der Waals surface area contributed by atoms with Crippen LogP contribution in [0.3, 0.4) is 0 Å². The quantitative estimate of drug-likeness (QED) is 0.596. The van der Waals surface area contributed by atoms with Crippen molar-refractivity contribution in [3.05, 3.63) is 0 Å². The van der Waals surface area contributed by atoms with E-state index in [4.69, 9.17) is 10.5 Å². The predicted octanol–water partition coefficient (Wildman–Crippen LogP) is -0.332. The molecule has 1 atom stereocenters. The molecule has 1 aliphatic carbocycles. The second kappa shape index (κ2) is 6.86. The minimum atomic E-state index is -0.361. The third-order valence-corrected chi connectivity index (χ3v) is 3.79. The van der Waals surface area contributed by atoms with Gasteiger partial charge in [-0.3, -0.25) is 9.59 Å². The number of hydrogen-bond acceptors (Lipinski definition) is 4. The Labute approximate surface area is 113 Å². The minimum absolute atomic E-state index is 0.0463. The smallest absolute Gasteiger partial charge is 0.242 e. The number of nitrogens with one attached hydrogen (secondary N) is 2. The van der Waals surface area contributed by atoms with Gasteiger partial charge in [-0.2, -0.15) is 0 Å². The molecule has 2 aliphatic rings. The molecule has 108 valence electrons. The van der Waals surface area contributed by atoms with Crippen LogP contribution >= 0.6 is 0 Å². The van der Waals surface area contributed by atoms with Crippen molar-refractivity contribution in [1.29, 1.82) is 0 Å². The molecule has 2 fully saturated rings. The fourth-order valence-corrected chi connectivity index (χ4v) is 2.59. The second-order valence-electron chi connectivity index (χ2n) is 5.36. The summed E-state index contributed by atoms with van der Waals surface area (Å²) < 4.78 is 5.71. The molecule has 0 aromatic heterocycles. The molecular weight excluding hydrogens is 246 g/mol. The first kappa shape index (κ1) is 14.3. The van der Waals surface area contributed by atoms with E-state index < -0.39 is 0 Å². The van der Waals surface area contributed by atoms with Crippen molar-refractivity contribution in [1.82, 2.24) is 10.6 Å². The summed E-state index contributed by atoms with van der Waals surface area (Å²) in [7, 11) is 0. The molecule has 1 heterocycles. The van der Waals surface area contributed by atoms with Gasteiger partial charge in [0.15, 0.2) is 0 Å². The van der Waals surface area contributed by atoms with Crippen molar-refractivity contribution in [2.45, 2.75) is 56.7 Å². The zero-order valence-electron chi connectivity index (χ0n) is 11.2. The Kier molecular flexibility index (Phi) is 5.15. The molecule has 1 saturated heterocycles. The van der Waals surface area contributed by atoms with Crippen molar-refractivity contribution >= 4 is 11.8 Å². The summed E-state index contributed by atoms with van der Waals surface area (Å²) in [5.74, 6) is -0.157. The zero-order chi connectivity index (χ0) is 13.7. The lowest BCUT2D eigenvalue weighted by Gasteiger charge is -2.26. The number of carbonyl (C=O) groups is 2. The van der Waals surface area contributed by atoms with Crippen LogP contribution in [0.1, 0.15) is 38.5 Å². The lowest BCUT2D eigenvalue weighted by molar-refractivity contribution is -0.126. The van der Waals surface area contributed by atoms with Gasteiger partial charge in [0, 0.05) is 19.0 Å². The molecule has 0 bridgehead atoms. The van der Waals surface area contributed by atoms with Gasteiger partial charge < -0.3 is 21.1 Å². The largest absolute Gasteiger partial charge is 0.376 e. The maximum absolute atomic E-state index is 11.7. The van der Waals surface area contributed by atoms with Crippen LogP contribution in [-0.2, 0) is 14.3 Å². The average Bonchev–Trinajstić information content (AvgIpc) is 2.83. The molecule has 6 nitrogen and oxygen atoms in total. The fraction of sp³-hybridized carbons (Fsp3) is 0.846. The highest BCUT2D eigenvalue weighted by atomic mass is 16.5. The molecule has 2 rings (SSSR count).